The highest BCUT2D eigenvalue weighted by Crippen LogP contribution is 2.17. The van der Waals surface area contributed by atoms with Crippen LogP contribution in [0.3, 0.4) is 0 Å². The van der Waals surface area contributed by atoms with Crippen LogP contribution in [0.2, 0.25) is 0 Å². The normalized spacial score (nSPS) is 23.6. The Labute approximate surface area is 104 Å². The first-order valence-electron chi connectivity index (χ1n) is 6.47. The Bertz CT molecular complexity index is 347. The summed E-state index contributed by atoms with van der Waals surface area (Å²) in [6, 6.07) is 9.15. The Balaban J connectivity index is 2.04. The summed E-state index contributed by atoms with van der Waals surface area (Å²) in [5.74, 6) is 0. The lowest BCUT2D eigenvalue weighted by Crippen LogP contribution is -2.53. The standard InChI is InChI=1S/C14H23N3/c1-3-11-4-6-12(7-5-11)14(15)13-10-17(2)9-8-16-13/h4-7,13-14,16H,3,8-10,15H2,1-2H3. The summed E-state index contributed by atoms with van der Waals surface area (Å²) in [5, 5.41) is 3.51. The summed E-state index contributed by atoms with van der Waals surface area (Å²) in [6.45, 7) is 5.34. The molecule has 1 aliphatic heterocycles. The summed E-state index contributed by atoms with van der Waals surface area (Å²) < 4.78 is 0. The van der Waals surface area contributed by atoms with Gasteiger partial charge in [-0.25, -0.2) is 0 Å². The van der Waals surface area contributed by atoms with Crippen molar-refractivity contribution in [2.75, 3.05) is 26.7 Å². The van der Waals surface area contributed by atoms with Crippen molar-refractivity contribution in [3.8, 4) is 0 Å². The number of hydrogen-bond donors (Lipinski definition) is 2. The number of nitrogens with one attached hydrogen (secondary N) is 1. The van der Waals surface area contributed by atoms with Crippen LogP contribution in [-0.2, 0) is 6.42 Å². The number of nitrogens with two attached hydrogens (primary N) is 1. The first-order valence-corrected chi connectivity index (χ1v) is 6.47. The van der Waals surface area contributed by atoms with E-state index in [0.29, 0.717) is 6.04 Å². The van der Waals surface area contributed by atoms with Gasteiger partial charge in [0.05, 0.1) is 0 Å². The molecule has 3 heteroatoms. The third-order valence-corrected chi connectivity index (χ3v) is 3.61. The second kappa shape index (κ2) is 5.63. The van der Waals surface area contributed by atoms with E-state index in [-0.39, 0.29) is 6.04 Å². The fourth-order valence-electron chi connectivity index (χ4n) is 2.38. The van der Waals surface area contributed by atoms with E-state index in [2.05, 4.69) is 48.5 Å². The molecule has 3 N–H and O–H groups in total. The Morgan fingerprint density at radius 2 is 2.12 bits per heavy atom. The molecule has 0 aromatic heterocycles. The first kappa shape index (κ1) is 12.6. The fraction of sp³-hybridized carbons (Fsp3) is 0.571. The molecule has 0 aliphatic carbocycles. The van der Waals surface area contributed by atoms with Gasteiger partial charge in [0.1, 0.15) is 0 Å². The number of piperazine rings is 1. The molecule has 0 radical (unpaired) electrons. The molecule has 1 heterocycles. The van der Waals surface area contributed by atoms with Crippen molar-refractivity contribution in [2.24, 2.45) is 5.73 Å². The van der Waals surface area contributed by atoms with Gasteiger partial charge in [-0.1, -0.05) is 31.2 Å². The van der Waals surface area contributed by atoms with E-state index in [1.807, 2.05) is 0 Å². The van der Waals surface area contributed by atoms with E-state index in [0.717, 1.165) is 26.1 Å². The van der Waals surface area contributed by atoms with Crippen molar-refractivity contribution in [3.05, 3.63) is 35.4 Å². The number of aryl methyl sites for hydroxylation is 1. The maximum Gasteiger partial charge on any atom is 0.0463 e. The van der Waals surface area contributed by atoms with Gasteiger partial charge in [-0.15, -0.1) is 0 Å². The first-order chi connectivity index (χ1) is 8.20. The molecule has 3 nitrogen and oxygen atoms in total. The lowest BCUT2D eigenvalue weighted by molar-refractivity contribution is 0.220. The van der Waals surface area contributed by atoms with Crippen LogP contribution in [0.4, 0.5) is 0 Å². The second-order valence-electron chi connectivity index (χ2n) is 4.94. The second-order valence-corrected chi connectivity index (χ2v) is 4.94. The minimum Gasteiger partial charge on any atom is -0.323 e. The molecule has 2 rings (SSSR count). The molecule has 94 valence electrons. The highest BCUT2D eigenvalue weighted by atomic mass is 15.2. The van der Waals surface area contributed by atoms with E-state index in [1.165, 1.54) is 11.1 Å². The molecule has 2 unspecified atom stereocenters. The van der Waals surface area contributed by atoms with E-state index in [9.17, 15) is 0 Å². The zero-order chi connectivity index (χ0) is 12.3. The quantitative estimate of drug-likeness (QED) is 0.823. The molecule has 1 saturated heterocycles. The summed E-state index contributed by atoms with van der Waals surface area (Å²) in [6.07, 6.45) is 1.08. The molecular formula is C14H23N3. The van der Waals surface area contributed by atoms with Crippen molar-refractivity contribution in [3.63, 3.8) is 0 Å². The SMILES string of the molecule is CCc1ccc(C(N)C2CN(C)CCN2)cc1. The molecule has 0 saturated carbocycles. The van der Waals surface area contributed by atoms with Crippen LogP contribution in [0.25, 0.3) is 0 Å². The number of likely N-dealkylation sites (N-methyl/N-ethyl adjacent to an activating group) is 1. The molecule has 1 aromatic rings. The number of benzene rings is 1. The van der Waals surface area contributed by atoms with Gasteiger partial charge in [-0.2, -0.15) is 0 Å². The Kier molecular flexibility index (Phi) is 4.15. The maximum absolute atomic E-state index is 6.33. The summed E-state index contributed by atoms with van der Waals surface area (Å²) in [4.78, 5) is 2.33. The lowest BCUT2D eigenvalue weighted by atomic mass is 9.97. The van der Waals surface area contributed by atoms with E-state index < -0.39 is 0 Å². The van der Waals surface area contributed by atoms with Gasteiger partial charge in [0.25, 0.3) is 0 Å². The van der Waals surface area contributed by atoms with Gasteiger partial charge >= 0.3 is 0 Å². The highest BCUT2D eigenvalue weighted by molar-refractivity contribution is 5.26. The topological polar surface area (TPSA) is 41.3 Å². The Morgan fingerprint density at radius 1 is 1.41 bits per heavy atom. The minimum absolute atomic E-state index is 0.0867. The van der Waals surface area contributed by atoms with Gasteiger partial charge < -0.3 is 16.0 Å². The van der Waals surface area contributed by atoms with Crippen molar-refractivity contribution < 1.29 is 0 Å². The lowest BCUT2D eigenvalue weighted by Gasteiger charge is -2.34. The largest absolute Gasteiger partial charge is 0.323 e. The molecule has 1 fully saturated rings. The van der Waals surface area contributed by atoms with Crippen LogP contribution in [0.15, 0.2) is 24.3 Å². The number of hydrogen-bond acceptors (Lipinski definition) is 3. The average Bonchev–Trinajstić information content (AvgIpc) is 2.38. The van der Waals surface area contributed by atoms with Crippen LogP contribution in [0.5, 0.6) is 0 Å². The molecule has 17 heavy (non-hydrogen) atoms. The van der Waals surface area contributed by atoms with Crippen LogP contribution >= 0.6 is 0 Å². The van der Waals surface area contributed by atoms with Crippen molar-refractivity contribution in [2.45, 2.75) is 25.4 Å². The van der Waals surface area contributed by atoms with E-state index in [1.54, 1.807) is 0 Å². The van der Waals surface area contributed by atoms with Gasteiger partial charge in [-0.05, 0) is 24.6 Å². The third kappa shape index (κ3) is 3.06. The predicted octanol–water partition coefficient (Wildman–Crippen LogP) is 1.15. The molecule has 1 aliphatic rings. The van der Waals surface area contributed by atoms with Crippen molar-refractivity contribution >= 4 is 0 Å². The zero-order valence-electron chi connectivity index (χ0n) is 10.8. The van der Waals surface area contributed by atoms with Gasteiger partial charge in [0.15, 0.2) is 0 Å². The summed E-state index contributed by atoms with van der Waals surface area (Å²) in [5.41, 5.74) is 8.94. The van der Waals surface area contributed by atoms with Crippen molar-refractivity contribution in [1.29, 1.82) is 0 Å². The molecule has 1 aromatic carbocycles. The monoisotopic (exact) mass is 233 g/mol. The van der Waals surface area contributed by atoms with Crippen LogP contribution in [0, 0.1) is 0 Å². The van der Waals surface area contributed by atoms with Crippen LogP contribution < -0.4 is 11.1 Å². The highest BCUT2D eigenvalue weighted by Gasteiger charge is 2.23. The van der Waals surface area contributed by atoms with Gasteiger partial charge in [0.2, 0.25) is 0 Å². The van der Waals surface area contributed by atoms with Crippen molar-refractivity contribution in [1.82, 2.24) is 10.2 Å². The zero-order valence-corrected chi connectivity index (χ0v) is 10.8. The summed E-state index contributed by atoms with van der Waals surface area (Å²) >= 11 is 0. The van der Waals surface area contributed by atoms with Crippen LogP contribution in [0.1, 0.15) is 24.1 Å². The van der Waals surface area contributed by atoms with Gasteiger partial charge in [0, 0.05) is 31.7 Å². The summed E-state index contributed by atoms with van der Waals surface area (Å²) in [7, 11) is 2.15. The minimum atomic E-state index is 0.0867. The molecule has 0 spiro atoms. The smallest absolute Gasteiger partial charge is 0.0463 e. The molecule has 2 atom stereocenters. The maximum atomic E-state index is 6.33. The third-order valence-electron chi connectivity index (χ3n) is 3.61. The van der Waals surface area contributed by atoms with E-state index >= 15 is 0 Å². The number of nitrogens with zero attached hydrogens (tertiary/aromatic N) is 1. The number of rotatable bonds is 3. The fourth-order valence-corrected chi connectivity index (χ4v) is 2.38. The van der Waals surface area contributed by atoms with Crippen LogP contribution in [-0.4, -0.2) is 37.6 Å². The average molecular weight is 233 g/mol. The van der Waals surface area contributed by atoms with Gasteiger partial charge in [-0.3, -0.25) is 0 Å². The molecular weight excluding hydrogens is 210 g/mol. The van der Waals surface area contributed by atoms with E-state index in [4.69, 9.17) is 5.73 Å². The molecule has 0 bridgehead atoms. The predicted molar refractivity (Wildman–Crippen MR) is 72.0 cm³/mol. The molecule has 0 amide bonds. The Morgan fingerprint density at radius 3 is 2.71 bits per heavy atom. The Hall–Kier alpha value is -0.900.